The molecule has 0 saturated carbocycles. The highest BCUT2D eigenvalue weighted by atomic mass is 16.4. The molecule has 0 spiro atoms. The molecule has 0 unspecified atom stereocenters. The smallest absolute Gasteiger partial charge is 0.330 e. The number of carboxylic acids is 1. The van der Waals surface area contributed by atoms with Gasteiger partial charge in [0.05, 0.1) is 0 Å². The minimum atomic E-state index is -0.797. The molecule has 0 aromatic heterocycles. The van der Waals surface area contributed by atoms with Crippen molar-refractivity contribution in [3.05, 3.63) is 11.6 Å². The van der Waals surface area contributed by atoms with Gasteiger partial charge in [-0.3, -0.25) is 0 Å². The molecule has 0 aliphatic rings. The van der Waals surface area contributed by atoms with Crippen molar-refractivity contribution >= 4 is 12.3 Å². The minimum absolute atomic E-state index is 0.470. The summed E-state index contributed by atoms with van der Waals surface area (Å²) >= 11 is 0. The summed E-state index contributed by atoms with van der Waals surface area (Å²) in [6.07, 6.45) is 23.9. The van der Waals surface area contributed by atoms with Crippen LogP contribution in [0.5, 0.6) is 0 Å². The molecular formula is C22H40O3. The van der Waals surface area contributed by atoms with Gasteiger partial charge in [-0.15, -0.1) is 0 Å². The van der Waals surface area contributed by atoms with Crippen LogP contribution in [0.25, 0.3) is 0 Å². The van der Waals surface area contributed by atoms with Gasteiger partial charge in [0.2, 0.25) is 0 Å². The second-order valence-corrected chi connectivity index (χ2v) is 7.24. The molecule has 0 heterocycles. The predicted octanol–water partition coefficient (Wildman–Crippen LogP) is 6.85. The van der Waals surface area contributed by atoms with Crippen molar-refractivity contribution in [2.75, 3.05) is 0 Å². The van der Waals surface area contributed by atoms with E-state index in [4.69, 9.17) is 5.11 Å². The molecule has 3 nitrogen and oxygen atoms in total. The van der Waals surface area contributed by atoms with Crippen LogP contribution in [0.2, 0.25) is 0 Å². The van der Waals surface area contributed by atoms with Crippen molar-refractivity contribution in [1.29, 1.82) is 0 Å². The van der Waals surface area contributed by atoms with Gasteiger partial charge in [0.15, 0.2) is 0 Å². The zero-order valence-corrected chi connectivity index (χ0v) is 16.4. The SMILES string of the molecule is CC(=CCCCCCCCCCCCCCCCCCC=O)C(=O)O. The molecule has 0 aliphatic heterocycles. The largest absolute Gasteiger partial charge is 0.478 e. The van der Waals surface area contributed by atoms with E-state index in [2.05, 4.69) is 0 Å². The maximum absolute atomic E-state index is 10.6. The molecule has 146 valence electrons. The maximum Gasteiger partial charge on any atom is 0.330 e. The van der Waals surface area contributed by atoms with Gasteiger partial charge in [0, 0.05) is 12.0 Å². The minimum Gasteiger partial charge on any atom is -0.478 e. The molecule has 0 aliphatic carbocycles. The molecule has 0 saturated heterocycles. The number of rotatable bonds is 19. The van der Waals surface area contributed by atoms with E-state index in [9.17, 15) is 9.59 Å². The van der Waals surface area contributed by atoms with Crippen LogP contribution in [0.1, 0.15) is 116 Å². The van der Waals surface area contributed by atoms with Gasteiger partial charge >= 0.3 is 5.97 Å². The van der Waals surface area contributed by atoms with E-state index >= 15 is 0 Å². The maximum atomic E-state index is 10.6. The molecule has 0 bridgehead atoms. The van der Waals surface area contributed by atoms with Crippen LogP contribution < -0.4 is 0 Å². The molecule has 0 aromatic rings. The number of carbonyl (C=O) groups excluding carboxylic acids is 1. The Bertz CT molecular complexity index is 347. The monoisotopic (exact) mass is 352 g/mol. The highest BCUT2D eigenvalue weighted by Crippen LogP contribution is 2.14. The average molecular weight is 353 g/mol. The van der Waals surface area contributed by atoms with Crippen LogP contribution in [0, 0.1) is 0 Å². The van der Waals surface area contributed by atoms with Crippen molar-refractivity contribution in [2.45, 2.75) is 116 Å². The molecule has 0 rings (SSSR count). The molecule has 3 heteroatoms. The van der Waals surface area contributed by atoms with Crippen molar-refractivity contribution < 1.29 is 14.7 Å². The van der Waals surface area contributed by atoms with Crippen LogP contribution in [0.3, 0.4) is 0 Å². The van der Waals surface area contributed by atoms with Gasteiger partial charge in [-0.2, -0.15) is 0 Å². The Morgan fingerprint density at radius 1 is 0.640 bits per heavy atom. The fourth-order valence-corrected chi connectivity index (χ4v) is 3.08. The highest BCUT2D eigenvalue weighted by molar-refractivity contribution is 5.85. The Labute approximate surface area is 155 Å². The molecule has 0 atom stereocenters. The third kappa shape index (κ3) is 19.1. The quantitative estimate of drug-likeness (QED) is 0.157. The Morgan fingerprint density at radius 2 is 0.960 bits per heavy atom. The number of carbonyl (C=O) groups is 2. The van der Waals surface area contributed by atoms with E-state index in [1.165, 1.54) is 83.5 Å². The van der Waals surface area contributed by atoms with Crippen LogP contribution in [-0.2, 0) is 9.59 Å². The summed E-state index contributed by atoms with van der Waals surface area (Å²) in [5.41, 5.74) is 0.470. The molecule has 25 heavy (non-hydrogen) atoms. The van der Waals surface area contributed by atoms with Crippen LogP contribution in [0.4, 0.5) is 0 Å². The first-order valence-corrected chi connectivity index (χ1v) is 10.5. The first-order valence-electron chi connectivity index (χ1n) is 10.5. The summed E-state index contributed by atoms with van der Waals surface area (Å²) in [5, 5.41) is 8.75. The summed E-state index contributed by atoms with van der Waals surface area (Å²) in [5.74, 6) is -0.797. The van der Waals surface area contributed by atoms with Crippen molar-refractivity contribution in [2.24, 2.45) is 0 Å². The lowest BCUT2D eigenvalue weighted by molar-refractivity contribution is -0.132. The number of hydrogen-bond acceptors (Lipinski definition) is 2. The van der Waals surface area contributed by atoms with Crippen molar-refractivity contribution in [3.8, 4) is 0 Å². The number of carboxylic acid groups (broad SMARTS) is 1. The topological polar surface area (TPSA) is 54.4 Å². The number of allylic oxidation sites excluding steroid dienone is 1. The number of unbranched alkanes of at least 4 members (excludes halogenated alkanes) is 16. The Balaban J connectivity index is 3.11. The average Bonchev–Trinajstić information content (AvgIpc) is 2.60. The second kappa shape index (κ2) is 19.2. The number of aliphatic carboxylic acids is 1. The standard InChI is InChI=1S/C22H40O3/c1-21(22(24)25)19-17-15-13-11-9-7-5-3-2-4-6-8-10-12-14-16-18-20-23/h19-20H,2-18H2,1H3,(H,24,25). The Kier molecular flexibility index (Phi) is 18.3. The summed E-state index contributed by atoms with van der Waals surface area (Å²) in [4.78, 5) is 20.8. The molecule has 0 amide bonds. The van der Waals surface area contributed by atoms with Gasteiger partial charge in [0.1, 0.15) is 6.29 Å². The summed E-state index contributed by atoms with van der Waals surface area (Å²) in [7, 11) is 0. The normalized spacial score (nSPS) is 11.6. The van der Waals surface area contributed by atoms with Gasteiger partial charge in [0.25, 0.3) is 0 Å². The Hall–Kier alpha value is -1.12. The van der Waals surface area contributed by atoms with Crippen molar-refractivity contribution in [1.82, 2.24) is 0 Å². The lowest BCUT2D eigenvalue weighted by Crippen LogP contribution is -1.95. The van der Waals surface area contributed by atoms with E-state index in [-0.39, 0.29) is 0 Å². The zero-order chi connectivity index (χ0) is 18.6. The molecule has 0 fully saturated rings. The predicted molar refractivity (Wildman–Crippen MR) is 106 cm³/mol. The lowest BCUT2D eigenvalue weighted by Gasteiger charge is -2.03. The van der Waals surface area contributed by atoms with Crippen LogP contribution in [-0.4, -0.2) is 17.4 Å². The summed E-state index contributed by atoms with van der Waals surface area (Å²) in [6.45, 7) is 1.67. The van der Waals surface area contributed by atoms with Gasteiger partial charge in [-0.25, -0.2) is 4.79 Å². The van der Waals surface area contributed by atoms with Gasteiger partial charge < -0.3 is 9.90 Å². The van der Waals surface area contributed by atoms with Gasteiger partial charge in [-0.1, -0.05) is 89.5 Å². The van der Waals surface area contributed by atoms with Crippen LogP contribution in [0.15, 0.2) is 11.6 Å². The molecule has 0 aromatic carbocycles. The first-order chi connectivity index (χ1) is 12.2. The second-order valence-electron chi connectivity index (χ2n) is 7.24. The van der Waals surface area contributed by atoms with E-state index in [0.29, 0.717) is 5.57 Å². The van der Waals surface area contributed by atoms with Crippen LogP contribution >= 0.6 is 0 Å². The third-order valence-corrected chi connectivity index (χ3v) is 4.81. The van der Waals surface area contributed by atoms with E-state index < -0.39 is 5.97 Å². The van der Waals surface area contributed by atoms with E-state index in [0.717, 1.165) is 32.0 Å². The van der Waals surface area contributed by atoms with Gasteiger partial charge in [-0.05, 0) is 26.2 Å². The van der Waals surface area contributed by atoms with E-state index in [1.807, 2.05) is 6.08 Å². The third-order valence-electron chi connectivity index (χ3n) is 4.81. The fourth-order valence-electron chi connectivity index (χ4n) is 3.08. The molecular weight excluding hydrogens is 312 g/mol. The number of aldehydes is 1. The van der Waals surface area contributed by atoms with E-state index in [1.54, 1.807) is 6.92 Å². The zero-order valence-electron chi connectivity index (χ0n) is 16.4. The lowest BCUT2D eigenvalue weighted by atomic mass is 10.0. The Morgan fingerprint density at radius 3 is 1.28 bits per heavy atom. The first kappa shape index (κ1) is 23.9. The fraction of sp³-hybridized carbons (Fsp3) is 0.818. The summed E-state index contributed by atoms with van der Waals surface area (Å²) < 4.78 is 0. The molecule has 0 radical (unpaired) electrons. The molecule has 1 N–H and O–H groups in total. The number of hydrogen-bond donors (Lipinski definition) is 1. The van der Waals surface area contributed by atoms with Crippen molar-refractivity contribution in [3.63, 3.8) is 0 Å². The highest BCUT2D eigenvalue weighted by Gasteiger charge is 1.98. The summed E-state index contributed by atoms with van der Waals surface area (Å²) in [6, 6.07) is 0.